The molecule has 0 amide bonds. The average molecular weight is 515 g/mol. The molecule has 3 rings (SSSR count). The van der Waals surface area contributed by atoms with Crippen LogP contribution in [-0.2, 0) is 19.6 Å². The highest BCUT2D eigenvalue weighted by Gasteiger charge is 2.29. The van der Waals surface area contributed by atoms with E-state index in [-0.39, 0.29) is 0 Å². The predicted molar refractivity (Wildman–Crippen MR) is 116 cm³/mol. The number of sulfonamides is 1. The van der Waals surface area contributed by atoms with Crippen LogP contribution in [0.3, 0.4) is 0 Å². The normalized spacial score (nSPS) is 16.1. The van der Waals surface area contributed by atoms with Crippen molar-refractivity contribution < 1.29 is 33.3 Å². The number of rotatable bonds is 5. The molecule has 0 saturated carbocycles. The van der Waals surface area contributed by atoms with Crippen LogP contribution < -0.4 is 0 Å². The number of piperazine rings is 1. The van der Waals surface area contributed by atoms with Gasteiger partial charge in [0.25, 0.3) is 0 Å². The third-order valence-electron chi connectivity index (χ3n) is 4.56. The zero-order valence-electron chi connectivity index (χ0n) is 16.5. The van der Waals surface area contributed by atoms with Crippen molar-refractivity contribution in [3.63, 3.8) is 0 Å². The van der Waals surface area contributed by atoms with Crippen LogP contribution in [0.1, 0.15) is 11.7 Å². The Morgan fingerprint density at radius 3 is 2.03 bits per heavy atom. The lowest BCUT2D eigenvalue weighted by molar-refractivity contribution is -0.159. The molecule has 0 aliphatic carbocycles. The fourth-order valence-electron chi connectivity index (χ4n) is 2.95. The van der Waals surface area contributed by atoms with Gasteiger partial charge in [0.2, 0.25) is 10.0 Å². The summed E-state index contributed by atoms with van der Waals surface area (Å²) >= 11 is 3.32. The van der Waals surface area contributed by atoms with Crippen LogP contribution in [0.25, 0.3) is 0 Å². The highest BCUT2D eigenvalue weighted by atomic mass is 79.9. The molecule has 1 atom stereocenters. The van der Waals surface area contributed by atoms with Gasteiger partial charge in [0.15, 0.2) is 0 Å². The number of hydrogen-bond donors (Lipinski definition) is 3. The fraction of sp³-hybridized carbons (Fsp3) is 0.300. The van der Waals surface area contributed by atoms with Gasteiger partial charge in [0.05, 0.1) is 11.0 Å². The number of hydrogen-bond acceptors (Lipinski definition) is 6. The highest BCUT2D eigenvalue weighted by molar-refractivity contribution is 9.10. The average Bonchev–Trinajstić information content (AvgIpc) is 2.75. The van der Waals surface area contributed by atoms with Gasteiger partial charge in [-0.25, -0.2) is 18.0 Å². The molecule has 2 aromatic rings. The first-order valence-electron chi connectivity index (χ1n) is 9.28. The molecule has 1 heterocycles. The molecule has 1 aliphatic rings. The van der Waals surface area contributed by atoms with E-state index in [0.29, 0.717) is 37.6 Å². The van der Waals surface area contributed by atoms with E-state index < -0.39 is 28.1 Å². The van der Waals surface area contributed by atoms with Crippen LogP contribution in [0.2, 0.25) is 0 Å². The Morgan fingerprint density at radius 2 is 1.52 bits per heavy atom. The van der Waals surface area contributed by atoms with Crippen LogP contribution >= 0.6 is 15.9 Å². The van der Waals surface area contributed by atoms with Gasteiger partial charge in [-0.2, -0.15) is 4.31 Å². The maximum atomic E-state index is 12.7. The standard InChI is InChI=1S/C18H21BrN2O3S.C2H2O4/c19-16-7-4-8-17(13-16)25(23,24)21-11-9-20(10-12-21)14-18(22)15-5-2-1-3-6-15;3-1(4)2(5)6/h1-8,13,18,22H,9-12,14H2;(H,3,4)(H,5,6). The smallest absolute Gasteiger partial charge is 0.414 e. The Morgan fingerprint density at radius 1 is 0.935 bits per heavy atom. The van der Waals surface area contributed by atoms with E-state index in [2.05, 4.69) is 20.8 Å². The van der Waals surface area contributed by atoms with Gasteiger partial charge < -0.3 is 15.3 Å². The second kappa shape index (κ2) is 11.3. The number of carboxylic acid groups (broad SMARTS) is 2. The van der Waals surface area contributed by atoms with Gasteiger partial charge >= 0.3 is 11.9 Å². The molecule has 168 valence electrons. The number of aliphatic hydroxyl groups is 1. The van der Waals surface area contributed by atoms with Crippen LogP contribution in [0, 0.1) is 0 Å². The Kier molecular flexibility index (Phi) is 9.14. The van der Waals surface area contributed by atoms with E-state index in [1.54, 1.807) is 18.2 Å². The Bertz CT molecular complexity index is 982. The van der Waals surface area contributed by atoms with Gasteiger partial charge in [-0.3, -0.25) is 4.90 Å². The van der Waals surface area contributed by atoms with E-state index in [1.807, 2.05) is 36.4 Å². The maximum absolute atomic E-state index is 12.7. The van der Waals surface area contributed by atoms with Gasteiger partial charge in [-0.05, 0) is 23.8 Å². The van der Waals surface area contributed by atoms with Gasteiger partial charge in [-0.1, -0.05) is 52.3 Å². The van der Waals surface area contributed by atoms with Gasteiger partial charge in [-0.15, -0.1) is 0 Å². The van der Waals surface area contributed by atoms with E-state index in [4.69, 9.17) is 19.8 Å². The van der Waals surface area contributed by atoms with Gasteiger partial charge in [0, 0.05) is 37.2 Å². The third kappa shape index (κ3) is 7.40. The van der Waals surface area contributed by atoms with Crippen molar-refractivity contribution >= 4 is 37.9 Å². The summed E-state index contributed by atoms with van der Waals surface area (Å²) in [4.78, 5) is 20.6. The molecule has 1 fully saturated rings. The van der Waals surface area contributed by atoms with Crippen LogP contribution in [-0.4, -0.2) is 77.6 Å². The van der Waals surface area contributed by atoms with Crippen molar-refractivity contribution in [2.45, 2.75) is 11.0 Å². The molecule has 11 heteroatoms. The Balaban J connectivity index is 0.000000501. The number of carbonyl (C=O) groups is 2. The largest absolute Gasteiger partial charge is 0.473 e. The summed E-state index contributed by atoms with van der Waals surface area (Å²) in [6, 6.07) is 16.3. The molecule has 0 spiro atoms. The molecular weight excluding hydrogens is 492 g/mol. The van der Waals surface area contributed by atoms with Crippen molar-refractivity contribution in [3.05, 3.63) is 64.6 Å². The minimum absolute atomic E-state index is 0.305. The number of β-amino-alcohol motifs (C(OH)–C–C–N with tert-alkyl or cyclic N) is 1. The summed E-state index contributed by atoms with van der Waals surface area (Å²) in [5, 5.41) is 25.1. The number of benzene rings is 2. The summed E-state index contributed by atoms with van der Waals surface area (Å²) in [5.74, 6) is -3.65. The van der Waals surface area contributed by atoms with Crippen LogP contribution in [0.5, 0.6) is 0 Å². The number of nitrogens with zero attached hydrogens (tertiary/aromatic N) is 2. The second-order valence-corrected chi connectivity index (χ2v) is 9.55. The van der Waals surface area contributed by atoms with Crippen molar-refractivity contribution in [2.75, 3.05) is 32.7 Å². The predicted octanol–water partition coefficient (Wildman–Crippen LogP) is 1.64. The van der Waals surface area contributed by atoms with Crippen LogP contribution in [0.15, 0.2) is 64.0 Å². The molecule has 31 heavy (non-hydrogen) atoms. The number of carboxylic acids is 2. The summed E-state index contributed by atoms with van der Waals surface area (Å²) < 4.78 is 27.7. The fourth-order valence-corrected chi connectivity index (χ4v) is 4.97. The molecule has 1 aliphatic heterocycles. The number of aliphatic hydroxyl groups excluding tert-OH is 1. The summed E-state index contributed by atoms with van der Waals surface area (Å²) in [6.07, 6.45) is -0.561. The van der Waals surface area contributed by atoms with Crippen molar-refractivity contribution in [1.29, 1.82) is 0 Å². The number of aliphatic carboxylic acids is 2. The lowest BCUT2D eigenvalue weighted by Gasteiger charge is -2.35. The Labute approximate surface area is 188 Å². The SMILES string of the molecule is O=C(O)C(=O)O.O=S(=O)(c1cccc(Br)c1)N1CCN(CC(O)c2ccccc2)CC1. The minimum atomic E-state index is -3.47. The zero-order chi connectivity index (χ0) is 23.0. The molecule has 0 radical (unpaired) electrons. The summed E-state index contributed by atoms with van der Waals surface area (Å²) in [6.45, 7) is 2.58. The summed E-state index contributed by atoms with van der Waals surface area (Å²) in [7, 11) is -3.47. The molecule has 3 N–H and O–H groups in total. The first-order chi connectivity index (χ1) is 14.6. The molecule has 0 bridgehead atoms. The molecule has 1 saturated heterocycles. The third-order valence-corrected chi connectivity index (χ3v) is 6.95. The minimum Gasteiger partial charge on any atom is -0.473 e. The zero-order valence-corrected chi connectivity index (χ0v) is 18.9. The molecule has 1 unspecified atom stereocenters. The molecule has 0 aromatic heterocycles. The molecule has 2 aromatic carbocycles. The first-order valence-corrected chi connectivity index (χ1v) is 11.5. The van der Waals surface area contributed by atoms with E-state index in [0.717, 1.165) is 10.0 Å². The second-order valence-electron chi connectivity index (χ2n) is 6.70. The topological polar surface area (TPSA) is 135 Å². The van der Waals surface area contributed by atoms with Crippen molar-refractivity contribution in [2.24, 2.45) is 0 Å². The van der Waals surface area contributed by atoms with Crippen molar-refractivity contribution in [1.82, 2.24) is 9.21 Å². The molecular formula is C20H23BrN2O7S. The molecule has 9 nitrogen and oxygen atoms in total. The van der Waals surface area contributed by atoms with Crippen LogP contribution in [0.4, 0.5) is 0 Å². The van der Waals surface area contributed by atoms with E-state index in [1.165, 1.54) is 4.31 Å². The van der Waals surface area contributed by atoms with Gasteiger partial charge in [0.1, 0.15) is 0 Å². The Hall–Kier alpha value is -2.31. The first kappa shape index (κ1) is 25.0. The lowest BCUT2D eigenvalue weighted by atomic mass is 10.1. The highest BCUT2D eigenvalue weighted by Crippen LogP contribution is 2.22. The summed E-state index contributed by atoms with van der Waals surface area (Å²) in [5.41, 5.74) is 0.881. The number of halogens is 1. The van der Waals surface area contributed by atoms with E-state index in [9.17, 15) is 13.5 Å². The quantitative estimate of drug-likeness (QED) is 0.512. The van der Waals surface area contributed by atoms with E-state index >= 15 is 0 Å². The van der Waals surface area contributed by atoms with Crippen molar-refractivity contribution in [3.8, 4) is 0 Å². The monoisotopic (exact) mass is 514 g/mol. The lowest BCUT2D eigenvalue weighted by Crippen LogP contribution is -2.49. The maximum Gasteiger partial charge on any atom is 0.414 e.